The van der Waals surface area contributed by atoms with Crippen LogP contribution in [0.4, 0.5) is 0 Å². The largest absolute Gasteiger partial charge is 0.375 e. The van der Waals surface area contributed by atoms with E-state index in [-0.39, 0.29) is 5.60 Å². The van der Waals surface area contributed by atoms with Crippen molar-refractivity contribution < 1.29 is 9.47 Å². The Morgan fingerprint density at radius 1 is 1.14 bits per heavy atom. The minimum absolute atomic E-state index is 0.133. The van der Waals surface area contributed by atoms with Gasteiger partial charge < -0.3 is 9.47 Å². The van der Waals surface area contributed by atoms with Crippen molar-refractivity contribution in [3.63, 3.8) is 0 Å². The molecule has 0 radical (unpaired) electrons. The highest BCUT2D eigenvalue weighted by Gasteiger charge is 2.34. The van der Waals surface area contributed by atoms with Gasteiger partial charge in [0.2, 0.25) is 0 Å². The molecule has 132 valence electrons. The topological polar surface area (TPSA) is 18.5 Å². The van der Waals surface area contributed by atoms with Crippen LogP contribution >= 0.6 is 0 Å². The van der Waals surface area contributed by atoms with Crippen molar-refractivity contribution in [2.75, 3.05) is 6.61 Å². The van der Waals surface area contributed by atoms with Crippen LogP contribution in [-0.2, 0) is 9.47 Å². The van der Waals surface area contributed by atoms with Crippen molar-refractivity contribution in [1.82, 2.24) is 0 Å². The summed E-state index contributed by atoms with van der Waals surface area (Å²) in [6, 6.07) is 0. The fourth-order valence-corrected chi connectivity index (χ4v) is 3.85. The second kappa shape index (κ2) is 9.27. The highest BCUT2D eigenvalue weighted by molar-refractivity contribution is 4.83. The van der Waals surface area contributed by atoms with Gasteiger partial charge in [-0.2, -0.15) is 0 Å². The van der Waals surface area contributed by atoms with Crippen molar-refractivity contribution in [1.29, 1.82) is 0 Å². The zero-order chi connectivity index (χ0) is 16.8. The molecule has 1 rings (SSSR count). The second-order valence-corrected chi connectivity index (χ2v) is 8.21. The molecule has 0 N–H and O–H groups in total. The van der Waals surface area contributed by atoms with Crippen LogP contribution in [0.25, 0.3) is 0 Å². The lowest BCUT2D eigenvalue weighted by Gasteiger charge is -2.40. The third kappa shape index (κ3) is 6.20. The highest BCUT2D eigenvalue weighted by Crippen LogP contribution is 2.36. The van der Waals surface area contributed by atoms with E-state index in [2.05, 4.69) is 48.5 Å². The molecule has 2 nitrogen and oxygen atoms in total. The van der Waals surface area contributed by atoms with Crippen LogP contribution in [0.5, 0.6) is 0 Å². The third-order valence-electron chi connectivity index (χ3n) is 5.40. The van der Waals surface area contributed by atoms with Crippen LogP contribution in [0.2, 0.25) is 0 Å². The Bertz CT molecular complexity index is 302. The third-order valence-corrected chi connectivity index (χ3v) is 5.40. The summed E-state index contributed by atoms with van der Waals surface area (Å²) in [4.78, 5) is 0. The Kier molecular flexibility index (Phi) is 8.42. The molecule has 0 aromatic rings. The summed E-state index contributed by atoms with van der Waals surface area (Å²) < 4.78 is 12.8. The zero-order valence-electron chi connectivity index (χ0n) is 16.2. The van der Waals surface area contributed by atoms with Gasteiger partial charge in [0.05, 0.1) is 24.4 Å². The summed E-state index contributed by atoms with van der Waals surface area (Å²) >= 11 is 0. The lowest BCUT2D eigenvalue weighted by molar-refractivity contribution is -0.151. The van der Waals surface area contributed by atoms with Crippen molar-refractivity contribution in [3.8, 4) is 0 Å². The van der Waals surface area contributed by atoms with Gasteiger partial charge in [-0.25, -0.2) is 0 Å². The zero-order valence-corrected chi connectivity index (χ0v) is 16.2. The van der Waals surface area contributed by atoms with E-state index in [9.17, 15) is 0 Å². The summed E-state index contributed by atoms with van der Waals surface area (Å²) in [7, 11) is 0. The molecular formula is C20H40O2. The lowest BCUT2D eigenvalue weighted by atomic mass is 9.75. The maximum absolute atomic E-state index is 6.47. The maximum atomic E-state index is 6.47. The Labute approximate surface area is 139 Å². The molecule has 1 saturated carbocycles. The fraction of sp³-hybridized carbons (Fsp3) is 1.00. The van der Waals surface area contributed by atoms with Gasteiger partial charge in [-0.05, 0) is 57.3 Å². The number of ether oxygens (including phenoxy) is 2. The van der Waals surface area contributed by atoms with Crippen molar-refractivity contribution in [2.45, 2.75) is 105 Å². The summed E-state index contributed by atoms with van der Waals surface area (Å²) in [6.45, 7) is 16.6. The second-order valence-electron chi connectivity index (χ2n) is 8.21. The van der Waals surface area contributed by atoms with Gasteiger partial charge in [-0.1, -0.05) is 47.5 Å². The summed E-state index contributed by atoms with van der Waals surface area (Å²) in [5.74, 6) is 2.23. The molecule has 1 fully saturated rings. The molecular weight excluding hydrogens is 272 g/mol. The Hall–Kier alpha value is -0.0800. The first kappa shape index (κ1) is 20.0. The van der Waals surface area contributed by atoms with E-state index < -0.39 is 0 Å². The summed E-state index contributed by atoms with van der Waals surface area (Å²) in [6.07, 6.45) is 7.91. The standard InChI is InChI=1S/C20H40O2/c1-8-12-20(7,22-17(6)9-2)14-21-19-13-16(5)10-11-18(19)15(3)4/h15-19H,8-14H2,1-7H3. The first-order valence-corrected chi connectivity index (χ1v) is 9.60. The predicted octanol–water partition coefficient (Wildman–Crippen LogP) is 5.84. The Morgan fingerprint density at radius 3 is 2.36 bits per heavy atom. The van der Waals surface area contributed by atoms with Crippen molar-refractivity contribution in [3.05, 3.63) is 0 Å². The molecule has 1 aliphatic rings. The molecule has 5 atom stereocenters. The molecule has 0 aromatic heterocycles. The van der Waals surface area contributed by atoms with Crippen molar-refractivity contribution in [2.24, 2.45) is 17.8 Å². The van der Waals surface area contributed by atoms with E-state index >= 15 is 0 Å². The van der Waals surface area contributed by atoms with Gasteiger partial charge in [0.25, 0.3) is 0 Å². The summed E-state index contributed by atoms with van der Waals surface area (Å²) in [5, 5.41) is 0. The van der Waals surface area contributed by atoms with Gasteiger partial charge in [-0.15, -0.1) is 0 Å². The molecule has 0 saturated heterocycles. The first-order chi connectivity index (χ1) is 10.3. The van der Waals surface area contributed by atoms with E-state index in [1.807, 2.05) is 0 Å². The van der Waals surface area contributed by atoms with Crippen LogP contribution in [0.15, 0.2) is 0 Å². The number of rotatable bonds is 9. The smallest absolute Gasteiger partial charge is 0.0890 e. The lowest BCUT2D eigenvalue weighted by Crippen LogP contribution is -2.42. The minimum Gasteiger partial charge on any atom is -0.375 e. The molecule has 0 aliphatic heterocycles. The van der Waals surface area contributed by atoms with Crippen molar-refractivity contribution >= 4 is 0 Å². The molecule has 2 heteroatoms. The first-order valence-electron chi connectivity index (χ1n) is 9.60. The van der Waals surface area contributed by atoms with E-state index in [0.29, 0.717) is 24.0 Å². The normalized spacial score (nSPS) is 30.3. The molecule has 0 amide bonds. The quantitative estimate of drug-likeness (QED) is 0.532. The minimum atomic E-state index is -0.133. The number of hydrogen-bond donors (Lipinski definition) is 0. The average molecular weight is 313 g/mol. The van der Waals surface area contributed by atoms with Crippen LogP contribution in [0.1, 0.15) is 87.0 Å². The molecule has 0 spiro atoms. The molecule has 1 aliphatic carbocycles. The van der Waals surface area contributed by atoms with Gasteiger partial charge in [0, 0.05) is 0 Å². The predicted molar refractivity (Wildman–Crippen MR) is 95.2 cm³/mol. The van der Waals surface area contributed by atoms with Gasteiger partial charge in [-0.3, -0.25) is 0 Å². The molecule has 0 bridgehead atoms. The molecule has 22 heavy (non-hydrogen) atoms. The maximum Gasteiger partial charge on any atom is 0.0890 e. The SMILES string of the molecule is CCCC(C)(COC1CC(C)CCC1C(C)C)OC(C)CC. The van der Waals surface area contributed by atoms with Gasteiger partial charge in [0.15, 0.2) is 0 Å². The Morgan fingerprint density at radius 2 is 1.82 bits per heavy atom. The van der Waals surface area contributed by atoms with Gasteiger partial charge >= 0.3 is 0 Å². The van der Waals surface area contributed by atoms with Crippen LogP contribution < -0.4 is 0 Å². The molecule has 5 unspecified atom stereocenters. The van der Waals surface area contributed by atoms with E-state index in [1.54, 1.807) is 0 Å². The van der Waals surface area contributed by atoms with Crippen LogP contribution in [0.3, 0.4) is 0 Å². The van der Waals surface area contributed by atoms with E-state index in [0.717, 1.165) is 31.8 Å². The monoisotopic (exact) mass is 312 g/mol. The Balaban J connectivity index is 2.64. The van der Waals surface area contributed by atoms with E-state index in [1.165, 1.54) is 19.3 Å². The fourth-order valence-electron chi connectivity index (χ4n) is 3.85. The summed E-state index contributed by atoms with van der Waals surface area (Å²) in [5.41, 5.74) is -0.133. The van der Waals surface area contributed by atoms with E-state index in [4.69, 9.17) is 9.47 Å². The number of hydrogen-bond acceptors (Lipinski definition) is 2. The molecule has 0 aromatic carbocycles. The highest BCUT2D eigenvalue weighted by atomic mass is 16.6. The van der Waals surface area contributed by atoms with Crippen LogP contribution in [0, 0.1) is 17.8 Å². The van der Waals surface area contributed by atoms with Crippen LogP contribution in [-0.4, -0.2) is 24.4 Å². The molecule has 0 heterocycles. The average Bonchev–Trinajstić information content (AvgIpc) is 2.45. The van der Waals surface area contributed by atoms with Gasteiger partial charge in [0.1, 0.15) is 0 Å².